The molecule has 0 aromatic heterocycles. The van der Waals surface area contributed by atoms with Crippen LogP contribution in [0.2, 0.25) is 0 Å². The van der Waals surface area contributed by atoms with Crippen LogP contribution in [-0.4, -0.2) is 30.3 Å². The second-order valence-corrected chi connectivity index (χ2v) is 9.20. The molecule has 1 saturated carbocycles. The molecule has 7 nitrogen and oxygen atoms in total. The van der Waals surface area contributed by atoms with Crippen LogP contribution in [0.1, 0.15) is 29.3 Å². The number of esters is 1. The molecule has 5 rings (SSSR count). The van der Waals surface area contributed by atoms with Gasteiger partial charge in [0.1, 0.15) is 0 Å². The Hall–Kier alpha value is -3.95. The summed E-state index contributed by atoms with van der Waals surface area (Å²) in [6.45, 7) is 1.14. The van der Waals surface area contributed by atoms with Gasteiger partial charge >= 0.3 is 12.1 Å². The quantitative estimate of drug-likeness (QED) is 0.379. The third kappa shape index (κ3) is 3.96. The lowest BCUT2D eigenvalue weighted by atomic mass is 9.82. The number of para-hydroxylation sites is 1. The zero-order chi connectivity index (χ0) is 25.8. The molecule has 2 aromatic rings. The first-order chi connectivity index (χ1) is 17.1. The number of ether oxygens (including phenoxy) is 1. The van der Waals surface area contributed by atoms with E-state index in [1.807, 2.05) is 6.92 Å². The standard InChI is InChI=1S/C26H21F3N2O5/c1-13-9-15-11-17(13)22-21(15)23(33)31(24(22)34)16-6-4-5-14(10-16)25(35)36-12-20(32)30-19-8-3-2-7-18(19)26(27,28)29/h2-10,15,17,21-22H,11-12H2,1H3,(H,30,32)/t15-,17+,21-,22+/m0/s1. The van der Waals surface area contributed by atoms with Crippen molar-refractivity contribution in [3.63, 3.8) is 0 Å². The molecule has 2 aliphatic carbocycles. The predicted molar refractivity (Wildman–Crippen MR) is 122 cm³/mol. The maximum atomic E-state index is 13.1. The van der Waals surface area contributed by atoms with Crippen LogP contribution in [0.4, 0.5) is 24.5 Å². The van der Waals surface area contributed by atoms with E-state index in [0.717, 1.165) is 29.0 Å². The zero-order valence-corrected chi connectivity index (χ0v) is 19.0. The number of carbonyl (C=O) groups is 4. The van der Waals surface area contributed by atoms with E-state index in [1.165, 1.54) is 36.4 Å². The van der Waals surface area contributed by atoms with E-state index < -0.39 is 47.7 Å². The Morgan fingerprint density at radius 1 is 1.06 bits per heavy atom. The van der Waals surface area contributed by atoms with Gasteiger partial charge in [0.15, 0.2) is 6.61 Å². The first-order valence-electron chi connectivity index (χ1n) is 11.4. The number of allylic oxidation sites excluding steroid dienone is 2. The van der Waals surface area contributed by atoms with Gasteiger partial charge in [-0.25, -0.2) is 9.69 Å². The van der Waals surface area contributed by atoms with Gasteiger partial charge in [0.25, 0.3) is 5.91 Å². The number of hydrogen-bond acceptors (Lipinski definition) is 5. The van der Waals surface area contributed by atoms with Gasteiger partial charge in [-0.2, -0.15) is 13.2 Å². The minimum absolute atomic E-state index is 0.00840. The lowest BCUT2D eigenvalue weighted by Crippen LogP contribution is -2.33. The molecule has 186 valence electrons. The van der Waals surface area contributed by atoms with Gasteiger partial charge in [-0.1, -0.05) is 29.8 Å². The molecule has 0 spiro atoms. The molecule has 4 atom stereocenters. The number of nitrogens with one attached hydrogen (secondary N) is 1. The molecule has 2 fully saturated rings. The van der Waals surface area contributed by atoms with Gasteiger partial charge in [0.2, 0.25) is 11.8 Å². The first-order valence-corrected chi connectivity index (χ1v) is 11.4. The summed E-state index contributed by atoms with van der Waals surface area (Å²) in [7, 11) is 0. The number of anilines is 2. The van der Waals surface area contributed by atoms with Crippen LogP contribution in [0.25, 0.3) is 0 Å². The van der Waals surface area contributed by atoms with Crippen LogP contribution in [0.5, 0.6) is 0 Å². The summed E-state index contributed by atoms with van der Waals surface area (Å²) in [6, 6.07) is 10.2. The summed E-state index contributed by atoms with van der Waals surface area (Å²) >= 11 is 0. The second-order valence-electron chi connectivity index (χ2n) is 9.20. The summed E-state index contributed by atoms with van der Waals surface area (Å²) in [4.78, 5) is 52.0. The lowest BCUT2D eigenvalue weighted by molar-refractivity contribution is -0.137. The number of nitrogens with zero attached hydrogens (tertiary/aromatic N) is 1. The summed E-state index contributed by atoms with van der Waals surface area (Å²) in [5.74, 6) is -3.17. The van der Waals surface area contributed by atoms with Gasteiger partial charge in [0, 0.05) is 0 Å². The number of alkyl halides is 3. The molecule has 3 amide bonds. The van der Waals surface area contributed by atoms with Crippen LogP contribution in [0.3, 0.4) is 0 Å². The lowest BCUT2D eigenvalue weighted by Gasteiger charge is -2.19. The molecule has 2 bridgehead atoms. The molecule has 0 radical (unpaired) electrons. The average molecular weight is 498 g/mol. The Bertz CT molecular complexity index is 1320. The SMILES string of the molecule is CC1=C[C@H]2C[C@H]1[C@H]1C(=O)N(c3cccc(C(=O)OCC(=O)Nc4ccccc4C(F)(F)F)c3)C(=O)[C@H]12. The van der Waals surface area contributed by atoms with Crippen LogP contribution in [0.15, 0.2) is 60.2 Å². The van der Waals surface area contributed by atoms with Crippen LogP contribution >= 0.6 is 0 Å². The minimum Gasteiger partial charge on any atom is -0.452 e. The third-order valence-electron chi connectivity index (χ3n) is 7.06. The monoisotopic (exact) mass is 498 g/mol. The Morgan fingerprint density at radius 2 is 1.78 bits per heavy atom. The summed E-state index contributed by atoms with van der Waals surface area (Å²) in [6.07, 6.45) is -1.81. The Labute approximate surface area is 203 Å². The molecule has 1 N–H and O–H groups in total. The van der Waals surface area contributed by atoms with E-state index in [9.17, 15) is 32.3 Å². The van der Waals surface area contributed by atoms with Gasteiger partial charge in [0.05, 0.1) is 34.3 Å². The summed E-state index contributed by atoms with van der Waals surface area (Å²) in [5.41, 5.74) is -0.137. The molecule has 10 heteroatoms. The van der Waals surface area contributed by atoms with Gasteiger partial charge < -0.3 is 10.1 Å². The fourth-order valence-corrected chi connectivity index (χ4v) is 5.54. The van der Waals surface area contributed by atoms with E-state index in [1.54, 1.807) is 0 Å². The van der Waals surface area contributed by atoms with Crippen molar-refractivity contribution in [3.8, 4) is 0 Å². The maximum Gasteiger partial charge on any atom is 0.418 e. The molecular weight excluding hydrogens is 477 g/mol. The van der Waals surface area contributed by atoms with Crippen molar-refractivity contribution < 1.29 is 37.1 Å². The summed E-state index contributed by atoms with van der Waals surface area (Å²) in [5, 5.41) is 2.09. The molecular formula is C26H21F3N2O5. The molecule has 0 unspecified atom stereocenters. The number of benzene rings is 2. The molecule has 2 aromatic carbocycles. The highest BCUT2D eigenvalue weighted by Gasteiger charge is 2.60. The molecule has 36 heavy (non-hydrogen) atoms. The number of halogens is 3. The van der Waals surface area contributed by atoms with Crippen molar-refractivity contribution >= 4 is 35.1 Å². The highest BCUT2D eigenvalue weighted by Crippen LogP contribution is 2.55. The Morgan fingerprint density at radius 3 is 2.53 bits per heavy atom. The van der Waals surface area contributed by atoms with Gasteiger partial charge in [-0.05, 0) is 55.5 Å². The fourth-order valence-electron chi connectivity index (χ4n) is 5.54. The Balaban J connectivity index is 1.25. The molecule has 1 saturated heterocycles. The predicted octanol–water partition coefficient (Wildman–Crippen LogP) is 4.20. The van der Waals surface area contributed by atoms with E-state index in [-0.39, 0.29) is 34.9 Å². The van der Waals surface area contributed by atoms with E-state index in [4.69, 9.17) is 4.74 Å². The van der Waals surface area contributed by atoms with Gasteiger partial charge in [-0.15, -0.1) is 0 Å². The van der Waals surface area contributed by atoms with E-state index in [0.29, 0.717) is 0 Å². The molecule has 3 aliphatic rings. The summed E-state index contributed by atoms with van der Waals surface area (Å²) < 4.78 is 44.3. The van der Waals surface area contributed by atoms with E-state index in [2.05, 4.69) is 11.4 Å². The fraction of sp³-hybridized carbons (Fsp3) is 0.308. The van der Waals surface area contributed by atoms with Crippen molar-refractivity contribution in [2.75, 3.05) is 16.8 Å². The number of carbonyl (C=O) groups excluding carboxylic acids is 4. The number of fused-ring (bicyclic) bond motifs is 5. The largest absolute Gasteiger partial charge is 0.452 e. The number of hydrogen-bond donors (Lipinski definition) is 1. The smallest absolute Gasteiger partial charge is 0.418 e. The normalized spacial score (nSPS) is 24.6. The van der Waals surface area contributed by atoms with Crippen molar-refractivity contribution in [1.82, 2.24) is 0 Å². The van der Waals surface area contributed by atoms with E-state index >= 15 is 0 Å². The van der Waals surface area contributed by atoms with Crippen LogP contribution in [0, 0.1) is 23.7 Å². The van der Waals surface area contributed by atoms with Crippen LogP contribution in [-0.2, 0) is 25.3 Å². The number of imide groups is 1. The molecule has 1 aliphatic heterocycles. The maximum absolute atomic E-state index is 13.1. The van der Waals surface area contributed by atoms with Crippen molar-refractivity contribution in [3.05, 3.63) is 71.3 Å². The minimum atomic E-state index is -4.67. The highest BCUT2D eigenvalue weighted by atomic mass is 19.4. The average Bonchev–Trinajstić information content (AvgIpc) is 3.47. The topological polar surface area (TPSA) is 92.8 Å². The van der Waals surface area contributed by atoms with Crippen molar-refractivity contribution in [1.29, 1.82) is 0 Å². The number of rotatable bonds is 5. The second kappa shape index (κ2) is 8.61. The molecule has 1 heterocycles. The highest BCUT2D eigenvalue weighted by molar-refractivity contribution is 6.23. The van der Waals surface area contributed by atoms with Crippen molar-refractivity contribution in [2.24, 2.45) is 23.7 Å². The van der Waals surface area contributed by atoms with Crippen molar-refractivity contribution in [2.45, 2.75) is 19.5 Å². The Kier molecular flexibility index (Phi) is 5.69. The third-order valence-corrected chi connectivity index (χ3v) is 7.06. The van der Waals surface area contributed by atoms with Crippen LogP contribution < -0.4 is 10.2 Å². The first kappa shape index (κ1) is 23.8. The zero-order valence-electron chi connectivity index (χ0n) is 19.0. The number of amides is 3. The van der Waals surface area contributed by atoms with Gasteiger partial charge in [-0.3, -0.25) is 14.4 Å².